The van der Waals surface area contributed by atoms with E-state index in [9.17, 15) is 13.2 Å². The zero-order valence-electron chi connectivity index (χ0n) is 9.93. The summed E-state index contributed by atoms with van der Waals surface area (Å²) in [4.78, 5) is 13.5. The molecular weight excluding hydrogens is 230 g/mol. The minimum absolute atomic E-state index is 0.0778. The van der Waals surface area contributed by atoms with Gasteiger partial charge in [-0.2, -0.15) is 4.31 Å². The number of nitrogens with one attached hydrogen (secondary N) is 1. The van der Waals surface area contributed by atoms with Gasteiger partial charge in [0.1, 0.15) is 0 Å². The van der Waals surface area contributed by atoms with Crippen molar-refractivity contribution in [2.45, 2.75) is 13.0 Å². The summed E-state index contributed by atoms with van der Waals surface area (Å²) in [5, 5.41) is 3.22. The molecule has 1 aliphatic rings. The molecule has 0 bridgehead atoms. The zero-order valence-corrected chi connectivity index (χ0v) is 10.7. The molecule has 0 saturated carbocycles. The first-order chi connectivity index (χ1) is 7.30. The molecule has 1 aliphatic heterocycles. The van der Waals surface area contributed by atoms with Crippen molar-refractivity contribution in [1.82, 2.24) is 14.5 Å². The molecule has 1 N–H and O–H groups in total. The minimum atomic E-state index is -3.28. The minimum Gasteiger partial charge on any atom is -0.339 e. The molecule has 0 radical (unpaired) electrons. The highest BCUT2D eigenvalue weighted by Gasteiger charge is 2.23. The van der Waals surface area contributed by atoms with Crippen LogP contribution in [0, 0.1) is 0 Å². The molecule has 1 fully saturated rings. The van der Waals surface area contributed by atoms with Gasteiger partial charge in [-0.1, -0.05) is 0 Å². The van der Waals surface area contributed by atoms with Crippen LogP contribution in [0.15, 0.2) is 0 Å². The van der Waals surface area contributed by atoms with Gasteiger partial charge >= 0.3 is 0 Å². The van der Waals surface area contributed by atoms with Gasteiger partial charge in [-0.3, -0.25) is 4.79 Å². The van der Waals surface area contributed by atoms with Crippen LogP contribution in [0.5, 0.6) is 0 Å². The monoisotopic (exact) mass is 249 g/mol. The van der Waals surface area contributed by atoms with E-state index in [0.29, 0.717) is 13.1 Å². The quantitative estimate of drug-likeness (QED) is 0.675. The van der Waals surface area contributed by atoms with Crippen LogP contribution >= 0.6 is 0 Å². The van der Waals surface area contributed by atoms with Crippen LogP contribution in [0.1, 0.15) is 6.92 Å². The molecule has 0 aromatic rings. The Hall–Kier alpha value is -0.660. The maximum atomic E-state index is 11.8. The lowest BCUT2D eigenvalue weighted by molar-refractivity contribution is -0.132. The van der Waals surface area contributed by atoms with Gasteiger partial charge in [-0.25, -0.2) is 8.42 Å². The SMILES string of the molecule is CC1CN(C(=O)CN(C)S(C)(=O)=O)CCN1. The Kier molecular flexibility index (Phi) is 4.28. The number of likely N-dealkylation sites (N-methyl/N-ethyl adjacent to an activating group) is 1. The standard InChI is InChI=1S/C9H19N3O3S/c1-8-6-12(5-4-10-8)9(13)7-11(2)16(3,14)15/h8,10H,4-7H2,1-3H3. The summed E-state index contributed by atoms with van der Waals surface area (Å²) in [6.07, 6.45) is 1.10. The smallest absolute Gasteiger partial charge is 0.237 e. The largest absolute Gasteiger partial charge is 0.339 e. The number of sulfonamides is 1. The van der Waals surface area contributed by atoms with E-state index in [1.54, 1.807) is 4.90 Å². The number of nitrogens with zero attached hydrogens (tertiary/aromatic N) is 2. The molecule has 1 rings (SSSR count). The maximum absolute atomic E-state index is 11.8. The van der Waals surface area contributed by atoms with Crippen LogP contribution < -0.4 is 5.32 Å². The molecule has 1 amide bonds. The van der Waals surface area contributed by atoms with Crippen molar-refractivity contribution in [3.63, 3.8) is 0 Å². The van der Waals surface area contributed by atoms with Crippen LogP contribution in [0.3, 0.4) is 0 Å². The molecule has 0 aliphatic carbocycles. The third kappa shape index (κ3) is 3.73. The van der Waals surface area contributed by atoms with Crippen LogP contribution in [0.4, 0.5) is 0 Å². The number of carbonyl (C=O) groups excluding carboxylic acids is 1. The number of rotatable bonds is 3. The lowest BCUT2D eigenvalue weighted by Crippen LogP contribution is -2.53. The fourth-order valence-corrected chi connectivity index (χ4v) is 1.91. The van der Waals surface area contributed by atoms with Crippen molar-refractivity contribution in [2.24, 2.45) is 0 Å². The van der Waals surface area contributed by atoms with E-state index in [2.05, 4.69) is 5.32 Å². The van der Waals surface area contributed by atoms with Crippen LogP contribution in [-0.4, -0.2) is 69.1 Å². The van der Waals surface area contributed by atoms with E-state index < -0.39 is 10.0 Å². The molecule has 1 unspecified atom stereocenters. The average molecular weight is 249 g/mol. The van der Waals surface area contributed by atoms with E-state index in [1.165, 1.54) is 7.05 Å². The molecule has 1 saturated heterocycles. The Bertz CT molecular complexity index is 355. The van der Waals surface area contributed by atoms with Gasteiger partial charge in [0.2, 0.25) is 15.9 Å². The zero-order chi connectivity index (χ0) is 12.3. The molecule has 1 atom stereocenters. The summed E-state index contributed by atoms with van der Waals surface area (Å²) in [7, 11) is -1.86. The summed E-state index contributed by atoms with van der Waals surface area (Å²) >= 11 is 0. The van der Waals surface area contributed by atoms with Crippen LogP contribution in [0.2, 0.25) is 0 Å². The van der Waals surface area contributed by atoms with Crippen molar-refractivity contribution in [1.29, 1.82) is 0 Å². The molecular formula is C9H19N3O3S. The fraction of sp³-hybridized carbons (Fsp3) is 0.889. The lowest BCUT2D eigenvalue weighted by Gasteiger charge is -2.32. The molecule has 0 aromatic heterocycles. The van der Waals surface area contributed by atoms with Crippen molar-refractivity contribution >= 4 is 15.9 Å². The molecule has 1 heterocycles. The van der Waals surface area contributed by atoms with E-state index in [4.69, 9.17) is 0 Å². The van der Waals surface area contributed by atoms with Crippen LogP contribution in [-0.2, 0) is 14.8 Å². The van der Waals surface area contributed by atoms with Gasteiger partial charge in [0.15, 0.2) is 0 Å². The first-order valence-corrected chi connectivity index (χ1v) is 7.08. The molecule has 94 valence electrons. The highest BCUT2D eigenvalue weighted by atomic mass is 32.2. The van der Waals surface area contributed by atoms with Gasteiger partial charge in [-0.15, -0.1) is 0 Å². The van der Waals surface area contributed by atoms with Crippen molar-refractivity contribution in [3.05, 3.63) is 0 Å². The first-order valence-electron chi connectivity index (χ1n) is 5.23. The summed E-state index contributed by atoms with van der Waals surface area (Å²) in [6.45, 7) is 3.96. The lowest BCUT2D eigenvalue weighted by atomic mass is 10.2. The Labute approximate surface area is 96.6 Å². The second-order valence-electron chi connectivity index (χ2n) is 4.21. The number of hydrogen-bond donors (Lipinski definition) is 1. The highest BCUT2D eigenvalue weighted by Crippen LogP contribution is 2.01. The third-order valence-corrected chi connectivity index (χ3v) is 3.91. The number of amides is 1. The summed E-state index contributed by atoms with van der Waals surface area (Å²) in [5.74, 6) is -0.138. The van der Waals surface area contributed by atoms with Crippen molar-refractivity contribution in [3.8, 4) is 0 Å². The molecule has 16 heavy (non-hydrogen) atoms. The topological polar surface area (TPSA) is 69.7 Å². The van der Waals surface area contributed by atoms with Gasteiger partial charge in [0, 0.05) is 32.7 Å². The maximum Gasteiger partial charge on any atom is 0.237 e. The molecule has 7 heteroatoms. The van der Waals surface area contributed by atoms with Gasteiger partial charge in [-0.05, 0) is 6.92 Å². The Morgan fingerprint density at radius 1 is 1.56 bits per heavy atom. The summed E-state index contributed by atoms with van der Waals surface area (Å²) in [5.41, 5.74) is 0. The molecule has 0 spiro atoms. The predicted octanol–water partition coefficient (Wildman–Crippen LogP) is -1.30. The normalized spacial score (nSPS) is 22.5. The van der Waals surface area contributed by atoms with E-state index >= 15 is 0 Å². The van der Waals surface area contributed by atoms with E-state index in [0.717, 1.165) is 17.1 Å². The number of piperazine rings is 1. The van der Waals surface area contributed by atoms with E-state index in [1.807, 2.05) is 6.92 Å². The van der Waals surface area contributed by atoms with Crippen LogP contribution in [0.25, 0.3) is 0 Å². The Balaban J connectivity index is 2.52. The van der Waals surface area contributed by atoms with Crippen molar-refractivity contribution in [2.75, 3.05) is 39.5 Å². The van der Waals surface area contributed by atoms with Gasteiger partial charge < -0.3 is 10.2 Å². The fourth-order valence-electron chi connectivity index (χ4n) is 1.57. The second-order valence-corrected chi connectivity index (χ2v) is 6.30. The summed E-state index contributed by atoms with van der Waals surface area (Å²) < 4.78 is 23.4. The first kappa shape index (κ1) is 13.4. The average Bonchev–Trinajstić information content (AvgIpc) is 2.16. The molecule has 0 aromatic carbocycles. The summed E-state index contributed by atoms with van der Waals surface area (Å²) in [6, 6.07) is 0.265. The number of hydrogen-bond acceptors (Lipinski definition) is 4. The Morgan fingerprint density at radius 3 is 2.69 bits per heavy atom. The molecule has 6 nitrogen and oxygen atoms in total. The van der Waals surface area contributed by atoms with Crippen molar-refractivity contribution < 1.29 is 13.2 Å². The number of carbonyl (C=O) groups is 1. The Morgan fingerprint density at radius 2 is 2.19 bits per heavy atom. The third-order valence-electron chi connectivity index (χ3n) is 2.65. The predicted molar refractivity (Wildman–Crippen MR) is 61.5 cm³/mol. The van der Waals surface area contributed by atoms with Gasteiger partial charge in [0.25, 0.3) is 0 Å². The van der Waals surface area contributed by atoms with Gasteiger partial charge in [0.05, 0.1) is 12.8 Å². The second kappa shape index (κ2) is 5.11. The highest BCUT2D eigenvalue weighted by molar-refractivity contribution is 7.88. The van der Waals surface area contributed by atoms with E-state index in [-0.39, 0.29) is 18.5 Å².